The standard InChI is InChI=1S/C8H10BrNOS2/c9-7-2-1-6(13-7)5-10-8(11)3-4-12/h1-2,12H,3-5H2,(H,10,11). The number of rotatable bonds is 4. The molecule has 1 aromatic rings. The molecular formula is C8H10BrNOS2. The Balaban J connectivity index is 2.30. The zero-order valence-electron chi connectivity index (χ0n) is 6.92. The maximum atomic E-state index is 11.1. The largest absolute Gasteiger partial charge is 0.351 e. The molecular weight excluding hydrogens is 270 g/mol. The van der Waals surface area contributed by atoms with Crippen LogP contribution in [0.4, 0.5) is 0 Å². The molecule has 0 bridgehead atoms. The fourth-order valence-electron chi connectivity index (χ4n) is 0.822. The van der Waals surface area contributed by atoms with Gasteiger partial charge in [-0.2, -0.15) is 12.6 Å². The van der Waals surface area contributed by atoms with Crippen LogP contribution in [0.2, 0.25) is 0 Å². The highest BCUT2D eigenvalue weighted by Crippen LogP contribution is 2.21. The first-order valence-electron chi connectivity index (χ1n) is 3.84. The number of nitrogens with one attached hydrogen (secondary N) is 1. The number of hydrogen-bond donors (Lipinski definition) is 2. The maximum absolute atomic E-state index is 11.1. The second kappa shape index (κ2) is 5.67. The van der Waals surface area contributed by atoms with E-state index in [4.69, 9.17) is 0 Å². The number of halogens is 1. The number of carbonyl (C=O) groups is 1. The Morgan fingerprint density at radius 2 is 2.38 bits per heavy atom. The number of thiophene rings is 1. The maximum Gasteiger partial charge on any atom is 0.221 e. The van der Waals surface area contributed by atoms with E-state index < -0.39 is 0 Å². The average molecular weight is 280 g/mol. The molecule has 1 amide bonds. The van der Waals surface area contributed by atoms with Gasteiger partial charge in [-0.25, -0.2) is 0 Å². The van der Waals surface area contributed by atoms with E-state index in [0.29, 0.717) is 18.7 Å². The van der Waals surface area contributed by atoms with Crippen LogP contribution in [0.1, 0.15) is 11.3 Å². The van der Waals surface area contributed by atoms with Gasteiger partial charge in [0.1, 0.15) is 0 Å². The molecule has 1 heterocycles. The van der Waals surface area contributed by atoms with Crippen LogP contribution in [0.3, 0.4) is 0 Å². The second-order valence-corrected chi connectivity index (χ2v) is 5.45. The third-order valence-corrected chi connectivity index (χ3v) is 3.27. The summed E-state index contributed by atoms with van der Waals surface area (Å²) in [5.41, 5.74) is 0. The molecule has 1 rings (SSSR count). The molecule has 72 valence electrons. The fourth-order valence-corrected chi connectivity index (χ4v) is 2.45. The molecule has 0 saturated carbocycles. The Morgan fingerprint density at radius 1 is 1.62 bits per heavy atom. The van der Waals surface area contributed by atoms with Crippen LogP contribution in [0.5, 0.6) is 0 Å². The van der Waals surface area contributed by atoms with Crippen molar-refractivity contribution in [3.05, 3.63) is 20.8 Å². The number of carbonyl (C=O) groups excluding carboxylic acids is 1. The minimum atomic E-state index is 0.0551. The molecule has 0 fully saturated rings. The van der Waals surface area contributed by atoms with Crippen molar-refractivity contribution in [2.75, 3.05) is 5.75 Å². The van der Waals surface area contributed by atoms with Gasteiger partial charge in [0.05, 0.1) is 10.3 Å². The molecule has 0 atom stereocenters. The van der Waals surface area contributed by atoms with Crippen LogP contribution < -0.4 is 5.32 Å². The van der Waals surface area contributed by atoms with Gasteiger partial charge in [0.2, 0.25) is 5.91 Å². The zero-order chi connectivity index (χ0) is 9.68. The Labute approximate surface area is 95.3 Å². The van der Waals surface area contributed by atoms with Crippen LogP contribution in [0.15, 0.2) is 15.9 Å². The lowest BCUT2D eigenvalue weighted by molar-refractivity contribution is -0.120. The Hall–Kier alpha value is -0.0000000000000000833. The third kappa shape index (κ3) is 4.15. The van der Waals surface area contributed by atoms with Crippen molar-refractivity contribution in [3.8, 4) is 0 Å². The molecule has 0 aliphatic carbocycles. The summed E-state index contributed by atoms with van der Waals surface area (Å²) in [5, 5.41) is 2.81. The Morgan fingerprint density at radius 3 is 2.92 bits per heavy atom. The molecule has 0 aromatic carbocycles. The fraction of sp³-hybridized carbons (Fsp3) is 0.375. The minimum absolute atomic E-state index is 0.0551. The van der Waals surface area contributed by atoms with Gasteiger partial charge in [-0.3, -0.25) is 4.79 Å². The molecule has 0 spiro atoms. The number of hydrogen-bond acceptors (Lipinski definition) is 3. The van der Waals surface area contributed by atoms with Crippen LogP contribution >= 0.6 is 39.9 Å². The number of amides is 1. The molecule has 0 unspecified atom stereocenters. The van der Waals surface area contributed by atoms with Gasteiger partial charge >= 0.3 is 0 Å². The molecule has 0 radical (unpaired) electrons. The molecule has 5 heteroatoms. The highest BCUT2D eigenvalue weighted by Gasteiger charge is 2.01. The molecule has 13 heavy (non-hydrogen) atoms. The van der Waals surface area contributed by atoms with E-state index in [1.54, 1.807) is 11.3 Å². The summed E-state index contributed by atoms with van der Waals surface area (Å²) >= 11 is 8.97. The predicted octanol–water partition coefficient (Wildman–Crippen LogP) is 2.45. The first-order chi connectivity index (χ1) is 6.22. The van der Waals surface area contributed by atoms with Crippen LogP contribution in [-0.2, 0) is 11.3 Å². The van der Waals surface area contributed by atoms with Gasteiger partial charge in [0, 0.05) is 11.3 Å². The smallest absolute Gasteiger partial charge is 0.221 e. The summed E-state index contributed by atoms with van der Waals surface area (Å²) in [6.07, 6.45) is 0.482. The molecule has 2 nitrogen and oxygen atoms in total. The minimum Gasteiger partial charge on any atom is -0.351 e. The summed E-state index contributed by atoms with van der Waals surface area (Å²) in [5.74, 6) is 0.652. The van der Waals surface area contributed by atoms with E-state index in [1.165, 1.54) is 0 Å². The highest BCUT2D eigenvalue weighted by atomic mass is 79.9. The molecule has 0 aliphatic heterocycles. The lowest BCUT2D eigenvalue weighted by Gasteiger charge is -2.00. The number of thiol groups is 1. The normalized spacial score (nSPS) is 10.0. The van der Waals surface area contributed by atoms with Gasteiger partial charge in [-0.15, -0.1) is 11.3 Å². The van der Waals surface area contributed by atoms with Gasteiger partial charge < -0.3 is 5.32 Å². The first-order valence-corrected chi connectivity index (χ1v) is 6.08. The van der Waals surface area contributed by atoms with Gasteiger partial charge in [0.25, 0.3) is 0 Å². The summed E-state index contributed by atoms with van der Waals surface area (Å²) in [4.78, 5) is 12.2. The van der Waals surface area contributed by atoms with Gasteiger partial charge in [-0.1, -0.05) is 0 Å². The SMILES string of the molecule is O=C(CCS)NCc1ccc(Br)s1. The van der Waals surface area contributed by atoms with Gasteiger partial charge in [0.15, 0.2) is 0 Å². The van der Waals surface area contributed by atoms with Crippen molar-refractivity contribution in [1.29, 1.82) is 0 Å². The third-order valence-electron chi connectivity index (χ3n) is 1.43. The van der Waals surface area contributed by atoms with Crippen molar-refractivity contribution < 1.29 is 4.79 Å². The van der Waals surface area contributed by atoms with Gasteiger partial charge in [-0.05, 0) is 33.8 Å². The first kappa shape index (κ1) is 11.1. The topological polar surface area (TPSA) is 29.1 Å². The van der Waals surface area contributed by atoms with Crippen LogP contribution in [0.25, 0.3) is 0 Å². The summed E-state index contributed by atoms with van der Waals surface area (Å²) in [6, 6.07) is 3.97. The van der Waals surface area contributed by atoms with E-state index in [-0.39, 0.29) is 5.91 Å². The Kier molecular flexibility index (Phi) is 4.83. The summed E-state index contributed by atoms with van der Waals surface area (Å²) in [6.45, 7) is 0.614. The monoisotopic (exact) mass is 279 g/mol. The molecule has 1 aromatic heterocycles. The van der Waals surface area contributed by atoms with Crippen LogP contribution in [-0.4, -0.2) is 11.7 Å². The van der Waals surface area contributed by atoms with Crippen molar-refractivity contribution in [1.82, 2.24) is 5.32 Å². The quantitative estimate of drug-likeness (QED) is 0.815. The second-order valence-electron chi connectivity index (χ2n) is 2.46. The van der Waals surface area contributed by atoms with Crippen molar-refractivity contribution >= 4 is 45.8 Å². The molecule has 0 aliphatic rings. The lowest BCUT2D eigenvalue weighted by Crippen LogP contribution is -2.22. The van der Waals surface area contributed by atoms with Crippen molar-refractivity contribution in [2.45, 2.75) is 13.0 Å². The van der Waals surface area contributed by atoms with Crippen LogP contribution in [0, 0.1) is 0 Å². The highest BCUT2D eigenvalue weighted by molar-refractivity contribution is 9.11. The lowest BCUT2D eigenvalue weighted by atomic mass is 10.4. The van der Waals surface area contributed by atoms with E-state index >= 15 is 0 Å². The molecule has 1 N–H and O–H groups in total. The van der Waals surface area contributed by atoms with E-state index in [2.05, 4.69) is 33.9 Å². The average Bonchev–Trinajstić information content (AvgIpc) is 2.49. The van der Waals surface area contributed by atoms with Crippen molar-refractivity contribution in [3.63, 3.8) is 0 Å². The zero-order valence-corrected chi connectivity index (χ0v) is 10.2. The molecule has 0 saturated heterocycles. The summed E-state index contributed by atoms with van der Waals surface area (Å²) in [7, 11) is 0. The predicted molar refractivity (Wildman–Crippen MR) is 62.3 cm³/mol. The summed E-state index contributed by atoms with van der Waals surface area (Å²) < 4.78 is 1.09. The van der Waals surface area contributed by atoms with E-state index in [1.807, 2.05) is 12.1 Å². The Bertz CT molecular complexity index is 287. The van der Waals surface area contributed by atoms with Crippen molar-refractivity contribution in [2.24, 2.45) is 0 Å². The van der Waals surface area contributed by atoms with E-state index in [9.17, 15) is 4.79 Å². The van der Waals surface area contributed by atoms with E-state index in [0.717, 1.165) is 8.66 Å².